The van der Waals surface area contributed by atoms with Gasteiger partial charge in [0, 0.05) is 29.5 Å². The van der Waals surface area contributed by atoms with Crippen LogP contribution < -0.4 is 10.6 Å². The Bertz CT molecular complexity index is 698. The molecule has 1 amide bonds. The van der Waals surface area contributed by atoms with E-state index < -0.39 is 6.04 Å². The van der Waals surface area contributed by atoms with Gasteiger partial charge in [-0.15, -0.1) is 0 Å². The third-order valence-corrected chi connectivity index (χ3v) is 6.22. The van der Waals surface area contributed by atoms with Gasteiger partial charge in [0.2, 0.25) is 5.91 Å². The molecule has 134 valence electrons. The summed E-state index contributed by atoms with van der Waals surface area (Å²) in [5.41, 5.74) is 1.64. The van der Waals surface area contributed by atoms with E-state index in [1.165, 1.54) is 6.42 Å². The molecule has 3 N–H and O–H groups in total. The molecular formula is C20H26N2O3. The molecule has 2 saturated carbocycles. The van der Waals surface area contributed by atoms with E-state index >= 15 is 0 Å². The first-order chi connectivity index (χ1) is 12.0. The van der Waals surface area contributed by atoms with E-state index in [1.54, 1.807) is 6.07 Å². The highest BCUT2D eigenvalue weighted by molar-refractivity contribution is 5.86. The molecule has 1 heterocycles. The smallest absolute Gasteiger partial charge is 0.242 e. The summed E-state index contributed by atoms with van der Waals surface area (Å²) >= 11 is 0. The van der Waals surface area contributed by atoms with Crippen LogP contribution in [0.3, 0.4) is 0 Å². The van der Waals surface area contributed by atoms with E-state index in [-0.39, 0.29) is 35.6 Å². The van der Waals surface area contributed by atoms with Crippen molar-refractivity contribution in [1.29, 1.82) is 0 Å². The lowest BCUT2D eigenvalue weighted by Gasteiger charge is -2.43. The van der Waals surface area contributed by atoms with Crippen LogP contribution in [0, 0.1) is 18.8 Å². The largest absolute Gasteiger partial charge is 0.508 e. The maximum absolute atomic E-state index is 12.6. The summed E-state index contributed by atoms with van der Waals surface area (Å²) in [4.78, 5) is 25.2. The van der Waals surface area contributed by atoms with E-state index in [2.05, 4.69) is 10.6 Å². The topological polar surface area (TPSA) is 78.4 Å². The van der Waals surface area contributed by atoms with Crippen LogP contribution in [0.5, 0.6) is 5.75 Å². The fourth-order valence-electron chi connectivity index (χ4n) is 4.51. The summed E-state index contributed by atoms with van der Waals surface area (Å²) in [6, 6.07) is 4.98. The highest BCUT2D eigenvalue weighted by Gasteiger charge is 2.43. The van der Waals surface area contributed by atoms with Crippen molar-refractivity contribution in [1.82, 2.24) is 10.6 Å². The van der Waals surface area contributed by atoms with E-state index in [0.29, 0.717) is 11.3 Å². The predicted molar refractivity (Wildman–Crippen MR) is 94.1 cm³/mol. The third kappa shape index (κ3) is 3.06. The Labute approximate surface area is 148 Å². The van der Waals surface area contributed by atoms with Crippen molar-refractivity contribution >= 4 is 11.7 Å². The molecule has 25 heavy (non-hydrogen) atoms. The number of amides is 1. The van der Waals surface area contributed by atoms with Crippen LogP contribution >= 0.6 is 0 Å². The lowest BCUT2D eigenvalue weighted by molar-refractivity contribution is -0.133. The van der Waals surface area contributed by atoms with Gasteiger partial charge in [0.1, 0.15) is 17.6 Å². The third-order valence-electron chi connectivity index (χ3n) is 6.22. The van der Waals surface area contributed by atoms with Gasteiger partial charge in [-0.3, -0.25) is 14.9 Å². The molecule has 4 atom stereocenters. The molecule has 0 spiro atoms. The molecule has 5 heteroatoms. The second kappa shape index (κ2) is 6.45. The number of hydrogen-bond donors (Lipinski definition) is 3. The fraction of sp³-hybridized carbons (Fsp3) is 0.600. The molecule has 0 bridgehead atoms. The number of ketones is 1. The number of hydrogen-bond acceptors (Lipinski definition) is 4. The summed E-state index contributed by atoms with van der Waals surface area (Å²) in [5, 5.41) is 16.7. The molecule has 4 rings (SSSR count). The van der Waals surface area contributed by atoms with E-state index in [9.17, 15) is 14.7 Å². The number of carbonyl (C=O) groups is 2. The average Bonchev–Trinajstić information content (AvgIpc) is 2.54. The molecule has 3 aliphatic rings. The minimum Gasteiger partial charge on any atom is -0.508 e. The molecule has 0 aromatic heterocycles. The average molecular weight is 342 g/mol. The van der Waals surface area contributed by atoms with Gasteiger partial charge >= 0.3 is 0 Å². The summed E-state index contributed by atoms with van der Waals surface area (Å²) in [6.45, 7) is 1.95. The fourth-order valence-corrected chi connectivity index (χ4v) is 4.51. The number of phenols is 1. The number of nitrogens with one attached hydrogen (secondary N) is 2. The molecule has 2 aliphatic carbocycles. The zero-order chi connectivity index (χ0) is 17.6. The van der Waals surface area contributed by atoms with Gasteiger partial charge in [-0.25, -0.2) is 0 Å². The Morgan fingerprint density at radius 3 is 2.64 bits per heavy atom. The molecular weight excluding hydrogens is 316 g/mol. The summed E-state index contributed by atoms with van der Waals surface area (Å²) < 4.78 is 0. The molecule has 1 saturated heterocycles. The number of aryl methyl sites for hydroxylation is 1. The summed E-state index contributed by atoms with van der Waals surface area (Å²) in [6.07, 6.45) is 5.79. The summed E-state index contributed by atoms with van der Waals surface area (Å²) in [5.74, 6) is 0.810. The Balaban J connectivity index is 1.47. The van der Waals surface area contributed by atoms with Gasteiger partial charge in [-0.05, 0) is 45.1 Å². The van der Waals surface area contributed by atoms with Crippen molar-refractivity contribution < 1.29 is 14.7 Å². The standard InChI is InChI=1S/C20H26N2O3/c1-11-5-8-17(23)14(9-11)18-20(25)22-16-10-13(6-7-15(16)21-18)19(24)12-3-2-4-12/h5,8-9,12-13,15-16,18,21,23H,2-4,6-7,10H2,1H3,(H,22,25). The number of benzene rings is 1. The monoisotopic (exact) mass is 342 g/mol. The van der Waals surface area contributed by atoms with E-state index in [0.717, 1.165) is 37.7 Å². The minimum absolute atomic E-state index is 0.0125. The number of carbonyl (C=O) groups excluding carboxylic acids is 2. The van der Waals surface area contributed by atoms with Crippen molar-refractivity contribution in [3.05, 3.63) is 29.3 Å². The molecule has 4 unspecified atom stereocenters. The van der Waals surface area contributed by atoms with Crippen LogP contribution in [0.1, 0.15) is 55.7 Å². The maximum Gasteiger partial charge on any atom is 0.242 e. The Morgan fingerprint density at radius 2 is 1.92 bits per heavy atom. The van der Waals surface area contributed by atoms with E-state index in [4.69, 9.17) is 0 Å². The van der Waals surface area contributed by atoms with E-state index in [1.807, 2.05) is 19.1 Å². The van der Waals surface area contributed by atoms with Gasteiger partial charge in [-0.1, -0.05) is 24.1 Å². The van der Waals surface area contributed by atoms with Gasteiger partial charge in [0.15, 0.2) is 0 Å². The van der Waals surface area contributed by atoms with Gasteiger partial charge in [0.05, 0.1) is 0 Å². The van der Waals surface area contributed by atoms with Crippen LogP contribution in [0.25, 0.3) is 0 Å². The number of Topliss-reactive ketones (excluding diaryl/α,β-unsaturated/α-hetero) is 1. The van der Waals surface area contributed by atoms with Crippen LogP contribution in [-0.2, 0) is 9.59 Å². The molecule has 1 aromatic carbocycles. The van der Waals surface area contributed by atoms with Crippen molar-refractivity contribution in [2.75, 3.05) is 0 Å². The maximum atomic E-state index is 12.6. The Morgan fingerprint density at radius 1 is 1.12 bits per heavy atom. The van der Waals surface area contributed by atoms with Gasteiger partial charge < -0.3 is 10.4 Å². The van der Waals surface area contributed by atoms with Crippen LogP contribution in [0.4, 0.5) is 0 Å². The summed E-state index contributed by atoms with van der Waals surface area (Å²) in [7, 11) is 0. The Kier molecular flexibility index (Phi) is 4.28. The molecule has 1 aliphatic heterocycles. The predicted octanol–water partition coefficient (Wildman–Crippen LogP) is 2.37. The van der Waals surface area contributed by atoms with Crippen molar-refractivity contribution in [3.63, 3.8) is 0 Å². The number of piperazine rings is 1. The molecule has 3 fully saturated rings. The second-order valence-electron chi connectivity index (χ2n) is 7.92. The number of fused-ring (bicyclic) bond motifs is 1. The Hall–Kier alpha value is -1.88. The van der Waals surface area contributed by atoms with Crippen LogP contribution in [0.15, 0.2) is 18.2 Å². The normalized spacial score (nSPS) is 32.4. The second-order valence-corrected chi connectivity index (χ2v) is 7.92. The minimum atomic E-state index is -0.528. The first-order valence-corrected chi connectivity index (χ1v) is 9.42. The number of aromatic hydroxyl groups is 1. The lowest BCUT2D eigenvalue weighted by atomic mass is 9.71. The number of phenolic OH excluding ortho intramolecular Hbond substituents is 1. The van der Waals surface area contributed by atoms with Gasteiger partial charge in [-0.2, -0.15) is 0 Å². The SMILES string of the molecule is Cc1ccc(O)c(C2NC3CCC(C(=O)C4CCC4)CC3NC2=O)c1. The highest BCUT2D eigenvalue weighted by Crippen LogP contribution is 2.37. The van der Waals surface area contributed by atoms with Crippen molar-refractivity contribution in [2.45, 2.75) is 63.6 Å². The first-order valence-electron chi connectivity index (χ1n) is 9.42. The van der Waals surface area contributed by atoms with Crippen LogP contribution in [-0.4, -0.2) is 28.9 Å². The first kappa shape index (κ1) is 16.6. The molecule has 5 nitrogen and oxygen atoms in total. The molecule has 1 aromatic rings. The van der Waals surface area contributed by atoms with Gasteiger partial charge in [0.25, 0.3) is 0 Å². The lowest BCUT2D eigenvalue weighted by Crippen LogP contribution is -2.62. The quantitative estimate of drug-likeness (QED) is 0.788. The van der Waals surface area contributed by atoms with Crippen molar-refractivity contribution in [3.8, 4) is 5.75 Å². The van der Waals surface area contributed by atoms with Crippen molar-refractivity contribution in [2.24, 2.45) is 11.8 Å². The van der Waals surface area contributed by atoms with Crippen LogP contribution in [0.2, 0.25) is 0 Å². The molecule has 0 radical (unpaired) electrons. The highest BCUT2D eigenvalue weighted by atomic mass is 16.3. The zero-order valence-corrected chi connectivity index (χ0v) is 14.6. The zero-order valence-electron chi connectivity index (χ0n) is 14.6. The number of rotatable bonds is 3.